The summed E-state index contributed by atoms with van der Waals surface area (Å²) in [4.78, 5) is 15.3. The van der Waals surface area contributed by atoms with Crippen LogP contribution in [0.25, 0.3) is 6.08 Å². The van der Waals surface area contributed by atoms with Crippen molar-refractivity contribution in [1.82, 2.24) is 10.3 Å². The molecule has 2 rings (SSSR count). The number of nitrogens with zero attached hydrogens (tertiary/aromatic N) is 1. The molecule has 2 heterocycles. The lowest BCUT2D eigenvalue weighted by Gasteiger charge is -2.32. The molecule has 1 fully saturated rings. The SMILES string of the molecule is CNCC(=Cc1ncc(C(=O)O)s1)B1OC(C)(C)C(C)(C)O1. The van der Waals surface area contributed by atoms with Crippen LogP contribution in [0.5, 0.6) is 0 Å². The summed E-state index contributed by atoms with van der Waals surface area (Å²) in [6.07, 6.45) is 3.19. The smallest absolute Gasteiger partial charge is 0.477 e. The Balaban J connectivity index is 2.26. The minimum atomic E-state index is -0.969. The Morgan fingerprint density at radius 2 is 2.00 bits per heavy atom. The van der Waals surface area contributed by atoms with Crippen LogP contribution in [0.4, 0.5) is 0 Å². The van der Waals surface area contributed by atoms with Gasteiger partial charge in [-0.05, 0) is 46.3 Å². The van der Waals surface area contributed by atoms with Crippen LogP contribution in [0.1, 0.15) is 42.4 Å². The van der Waals surface area contributed by atoms with Crippen LogP contribution >= 0.6 is 11.3 Å². The Bertz CT molecular complexity index is 581. The van der Waals surface area contributed by atoms with Crippen molar-refractivity contribution < 1.29 is 19.2 Å². The summed E-state index contributed by atoms with van der Waals surface area (Å²) in [6.45, 7) is 8.55. The summed E-state index contributed by atoms with van der Waals surface area (Å²) in [6, 6.07) is 0. The van der Waals surface area contributed by atoms with E-state index in [0.717, 1.165) is 16.8 Å². The zero-order valence-corrected chi connectivity index (χ0v) is 14.3. The van der Waals surface area contributed by atoms with Crippen LogP contribution in [-0.4, -0.2) is 48.0 Å². The van der Waals surface area contributed by atoms with Crippen LogP contribution in [0, 0.1) is 0 Å². The maximum Gasteiger partial charge on any atom is 0.491 e. The number of aromatic carboxylic acids is 1. The number of carbonyl (C=O) groups is 1. The fraction of sp³-hybridized carbons (Fsp3) is 0.571. The Labute approximate surface area is 134 Å². The highest BCUT2D eigenvalue weighted by molar-refractivity contribution is 7.14. The molecule has 0 unspecified atom stereocenters. The molecular formula is C14H21BN2O4S. The van der Waals surface area contributed by atoms with Gasteiger partial charge in [-0.2, -0.15) is 0 Å². The molecule has 0 atom stereocenters. The third-order valence-electron chi connectivity index (χ3n) is 3.98. The molecule has 0 spiro atoms. The number of likely N-dealkylation sites (N-methyl/N-ethyl adjacent to an activating group) is 1. The molecule has 2 N–H and O–H groups in total. The molecule has 1 saturated heterocycles. The molecular weight excluding hydrogens is 303 g/mol. The molecule has 0 aromatic carbocycles. The fourth-order valence-corrected chi connectivity index (χ4v) is 2.75. The molecule has 0 bridgehead atoms. The minimum Gasteiger partial charge on any atom is -0.477 e. The van der Waals surface area contributed by atoms with Gasteiger partial charge in [0.05, 0.1) is 17.4 Å². The van der Waals surface area contributed by atoms with Gasteiger partial charge in [0, 0.05) is 6.54 Å². The molecule has 120 valence electrons. The van der Waals surface area contributed by atoms with Crippen molar-refractivity contribution in [1.29, 1.82) is 0 Å². The molecule has 1 aliphatic heterocycles. The van der Waals surface area contributed by atoms with Crippen molar-refractivity contribution in [3.05, 3.63) is 21.6 Å². The van der Waals surface area contributed by atoms with Crippen LogP contribution in [-0.2, 0) is 9.31 Å². The topological polar surface area (TPSA) is 80.7 Å². The van der Waals surface area contributed by atoms with Gasteiger partial charge in [0.25, 0.3) is 0 Å². The summed E-state index contributed by atoms with van der Waals surface area (Å²) in [5, 5.41) is 12.7. The van der Waals surface area contributed by atoms with Gasteiger partial charge in [-0.25, -0.2) is 9.78 Å². The quantitative estimate of drug-likeness (QED) is 0.807. The van der Waals surface area contributed by atoms with E-state index in [0.29, 0.717) is 11.6 Å². The van der Waals surface area contributed by atoms with Gasteiger partial charge >= 0.3 is 13.1 Å². The second kappa shape index (κ2) is 6.12. The highest BCUT2D eigenvalue weighted by Crippen LogP contribution is 2.38. The highest BCUT2D eigenvalue weighted by Gasteiger charge is 2.52. The van der Waals surface area contributed by atoms with Crippen LogP contribution in [0.15, 0.2) is 11.7 Å². The van der Waals surface area contributed by atoms with Crippen molar-refractivity contribution in [2.75, 3.05) is 13.6 Å². The molecule has 1 aromatic rings. The van der Waals surface area contributed by atoms with E-state index in [2.05, 4.69) is 10.3 Å². The second-order valence-corrected chi connectivity index (χ2v) is 7.27. The summed E-state index contributed by atoms with van der Waals surface area (Å²) in [7, 11) is 1.36. The first-order valence-corrected chi connectivity index (χ1v) is 7.88. The first-order chi connectivity index (χ1) is 10.2. The first-order valence-electron chi connectivity index (χ1n) is 7.06. The van der Waals surface area contributed by atoms with Crippen molar-refractivity contribution in [3.8, 4) is 0 Å². The van der Waals surface area contributed by atoms with E-state index >= 15 is 0 Å². The molecule has 0 saturated carbocycles. The first kappa shape index (κ1) is 17.1. The third-order valence-corrected chi connectivity index (χ3v) is 4.91. The van der Waals surface area contributed by atoms with Crippen LogP contribution < -0.4 is 5.32 Å². The summed E-state index contributed by atoms with van der Waals surface area (Å²) < 4.78 is 12.1. The molecule has 0 aliphatic carbocycles. The van der Waals surface area contributed by atoms with Crippen LogP contribution in [0.3, 0.4) is 0 Å². The van der Waals surface area contributed by atoms with E-state index < -0.39 is 24.3 Å². The van der Waals surface area contributed by atoms with E-state index in [4.69, 9.17) is 14.4 Å². The van der Waals surface area contributed by atoms with Gasteiger partial charge in [-0.3, -0.25) is 0 Å². The highest BCUT2D eigenvalue weighted by atomic mass is 32.1. The number of hydrogen-bond donors (Lipinski definition) is 2. The van der Waals surface area contributed by atoms with Gasteiger partial charge in [-0.15, -0.1) is 11.3 Å². The molecule has 0 radical (unpaired) electrons. The molecule has 0 amide bonds. The monoisotopic (exact) mass is 324 g/mol. The van der Waals surface area contributed by atoms with Gasteiger partial charge in [0.2, 0.25) is 0 Å². The Morgan fingerprint density at radius 3 is 2.45 bits per heavy atom. The molecule has 1 aliphatic rings. The van der Waals surface area contributed by atoms with Crippen molar-refractivity contribution in [3.63, 3.8) is 0 Å². The van der Waals surface area contributed by atoms with Gasteiger partial charge in [-0.1, -0.05) is 0 Å². The van der Waals surface area contributed by atoms with Crippen molar-refractivity contribution in [2.45, 2.75) is 38.9 Å². The molecule has 1 aromatic heterocycles. The number of aromatic nitrogens is 1. The Morgan fingerprint density at radius 1 is 1.41 bits per heavy atom. The summed E-state index contributed by atoms with van der Waals surface area (Å²) >= 11 is 1.13. The number of carboxylic acids is 1. The van der Waals surface area contributed by atoms with Crippen LogP contribution in [0.2, 0.25) is 0 Å². The number of nitrogens with one attached hydrogen (secondary N) is 1. The molecule has 8 heteroatoms. The van der Waals surface area contributed by atoms with E-state index in [1.807, 2.05) is 40.8 Å². The predicted octanol–water partition coefficient (Wildman–Crippen LogP) is 2.08. The average Bonchev–Trinajstić information content (AvgIpc) is 2.92. The number of hydrogen-bond acceptors (Lipinski definition) is 6. The Kier molecular flexibility index (Phi) is 4.77. The van der Waals surface area contributed by atoms with E-state index in [1.165, 1.54) is 6.20 Å². The van der Waals surface area contributed by atoms with Crippen molar-refractivity contribution in [2.24, 2.45) is 0 Å². The molecule has 6 nitrogen and oxygen atoms in total. The van der Waals surface area contributed by atoms with Gasteiger partial charge < -0.3 is 19.7 Å². The lowest BCUT2D eigenvalue weighted by atomic mass is 9.78. The number of carboxylic acid groups (broad SMARTS) is 1. The maximum atomic E-state index is 10.9. The second-order valence-electron chi connectivity index (χ2n) is 6.21. The fourth-order valence-electron chi connectivity index (χ4n) is 2.01. The zero-order valence-electron chi connectivity index (χ0n) is 13.5. The van der Waals surface area contributed by atoms with Crippen molar-refractivity contribution >= 4 is 30.5 Å². The predicted molar refractivity (Wildman–Crippen MR) is 87.1 cm³/mol. The largest absolute Gasteiger partial charge is 0.491 e. The summed E-state index contributed by atoms with van der Waals surface area (Å²) in [5.41, 5.74) is 0.0478. The van der Waals surface area contributed by atoms with Gasteiger partial charge in [0.15, 0.2) is 0 Å². The standard InChI is InChI=1S/C14H21BN2O4S/c1-13(2)14(3,4)21-15(20-13)9(7-16-5)6-11-17-8-10(22-11)12(18)19/h6,8,16H,7H2,1-5H3,(H,18,19). The third kappa shape index (κ3) is 3.40. The molecule has 22 heavy (non-hydrogen) atoms. The lowest BCUT2D eigenvalue weighted by Crippen LogP contribution is -2.41. The van der Waals surface area contributed by atoms with E-state index in [1.54, 1.807) is 0 Å². The van der Waals surface area contributed by atoms with E-state index in [-0.39, 0.29) is 4.88 Å². The minimum absolute atomic E-state index is 0.212. The average molecular weight is 324 g/mol. The number of rotatable bonds is 5. The van der Waals surface area contributed by atoms with Gasteiger partial charge in [0.1, 0.15) is 9.88 Å². The number of thiazole rings is 1. The van der Waals surface area contributed by atoms with E-state index in [9.17, 15) is 4.79 Å². The maximum absolute atomic E-state index is 10.9. The zero-order chi connectivity index (χ0) is 16.5. The lowest BCUT2D eigenvalue weighted by molar-refractivity contribution is 0.00578. The normalized spacial score (nSPS) is 20.4. The Hall–Kier alpha value is -1.22. The summed E-state index contributed by atoms with van der Waals surface area (Å²) in [5.74, 6) is -0.969.